The largest absolute Gasteiger partial charge is 0.486 e. The summed E-state index contributed by atoms with van der Waals surface area (Å²) in [5.74, 6) is 1.53. The minimum absolute atomic E-state index is 0.00598. The molecule has 0 amide bonds. The van der Waals surface area contributed by atoms with E-state index in [-0.39, 0.29) is 18.3 Å². The van der Waals surface area contributed by atoms with Crippen molar-refractivity contribution < 1.29 is 28.2 Å². The smallest absolute Gasteiger partial charge is 0.310 e. The van der Waals surface area contributed by atoms with Gasteiger partial charge in [-0.05, 0) is 43.3 Å². The fourth-order valence-corrected chi connectivity index (χ4v) is 4.34. The minimum atomic E-state index is -0.817. The van der Waals surface area contributed by atoms with Gasteiger partial charge in [0, 0.05) is 23.5 Å². The fourth-order valence-electron chi connectivity index (χ4n) is 4.34. The van der Waals surface area contributed by atoms with Crippen molar-refractivity contribution in [3.8, 4) is 17.2 Å². The standard InChI is InChI=1S/C24H25FN4O5/c1-3-31-21(30)14-24(2)16-5-4-6-17(22(16)34-24)29-20(9-10-26-23(29)28-25)27-15-7-8-18-19(13-15)33-12-11-32-18/h4-10,13,20,27H,3,11-12,14H2,1-2H3,(H,26,28). The zero-order valence-electron chi connectivity index (χ0n) is 18.8. The SMILES string of the molecule is CCOC(=O)CC1(C)Oc2c(N3C(=NF)NC=CC3Nc3ccc4c(c3)OCCO4)cccc21. The third-order valence-corrected chi connectivity index (χ3v) is 5.87. The number of hydrogen-bond acceptors (Lipinski definition) is 7. The van der Waals surface area contributed by atoms with Crippen LogP contribution in [0.25, 0.3) is 0 Å². The number of carbonyl (C=O) groups excluding carboxylic acids is 1. The summed E-state index contributed by atoms with van der Waals surface area (Å²) in [6.45, 7) is 4.88. The molecule has 2 atom stereocenters. The predicted octanol–water partition coefficient (Wildman–Crippen LogP) is 3.62. The summed E-state index contributed by atoms with van der Waals surface area (Å²) in [5, 5.41) is 9.14. The van der Waals surface area contributed by atoms with Crippen LogP contribution in [0.15, 0.2) is 53.9 Å². The quantitative estimate of drug-likeness (QED) is 0.621. The Hall–Kier alpha value is -3.95. The van der Waals surface area contributed by atoms with Crippen molar-refractivity contribution in [1.29, 1.82) is 0 Å². The Balaban J connectivity index is 1.45. The number of benzene rings is 2. The number of guanidine groups is 1. The molecule has 34 heavy (non-hydrogen) atoms. The number of anilines is 2. The van der Waals surface area contributed by atoms with Crippen molar-refractivity contribution in [2.75, 3.05) is 30.0 Å². The Morgan fingerprint density at radius 2 is 2.12 bits per heavy atom. The Morgan fingerprint density at radius 3 is 2.91 bits per heavy atom. The van der Waals surface area contributed by atoms with E-state index < -0.39 is 11.8 Å². The van der Waals surface area contributed by atoms with Crippen molar-refractivity contribution in [3.63, 3.8) is 0 Å². The number of carbonyl (C=O) groups is 1. The Bertz CT molecular complexity index is 1170. The van der Waals surface area contributed by atoms with Crippen molar-refractivity contribution >= 4 is 23.3 Å². The average molecular weight is 468 g/mol. The maximum atomic E-state index is 13.7. The molecule has 3 heterocycles. The van der Waals surface area contributed by atoms with E-state index in [1.165, 1.54) is 0 Å². The number of nitrogens with one attached hydrogen (secondary N) is 2. The molecule has 0 saturated heterocycles. The lowest BCUT2D eigenvalue weighted by Gasteiger charge is -2.45. The van der Waals surface area contributed by atoms with Gasteiger partial charge in [-0.1, -0.05) is 16.6 Å². The summed E-state index contributed by atoms with van der Waals surface area (Å²) in [6.07, 6.45) is 3.04. The van der Waals surface area contributed by atoms with Gasteiger partial charge in [0.05, 0.1) is 18.7 Å². The molecule has 2 aromatic rings. The van der Waals surface area contributed by atoms with Crippen molar-refractivity contribution in [2.45, 2.75) is 32.0 Å². The van der Waals surface area contributed by atoms with E-state index >= 15 is 0 Å². The van der Waals surface area contributed by atoms with Crippen LogP contribution in [-0.2, 0) is 15.1 Å². The summed E-state index contributed by atoms with van der Waals surface area (Å²) in [7, 11) is 0. The molecule has 0 aliphatic carbocycles. The Morgan fingerprint density at radius 1 is 1.29 bits per heavy atom. The van der Waals surface area contributed by atoms with Gasteiger partial charge in [-0.3, -0.25) is 9.69 Å². The van der Waals surface area contributed by atoms with E-state index in [1.54, 1.807) is 18.0 Å². The molecule has 0 bridgehead atoms. The average Bonchev–Trinajstić information content (AvgIpc) is 2.83. The maximum Gasteiger partial charge on any atom is 0.310 e. The highest BCUT2D eigenvalue weighted by Crippen LogP contribution is 2.52. The second-order valence-corrected chi connectivity index (χ2v) is 8.20. The third kappa shape index (κ3) is 3.85. The molecule has 5 rings (SSSR count). The van der Waals surface area contributed by atoms with Crippen LogP contribution in [0.4, 0.5) is 15.9 Å². The van der Waals surface area contributed by atoms with Gasteiger partial charge >= 0.3 is 5.97 Å². The fraction of sp³-hybridized carbons (Fsp3) is 0.333. The van der Waals surface area contributed by atoms with Gasteiger partial charge in [0.1, 0.15) is 25.0 Å². The number of ether oxygens (including phenoxy) is 4. The van der Waals surface area contributed by atoms with Gasteiger partial charge in [0.25, 0.3) is 0 Å². The van der Waals surface area contributed by atoms with Gasteiger partial charge in [-0.25, -0.2) is 0 Å². The number of halogens is 1. The number of esters is 1. The van der Waals surface area contributed by atoms with Crippen LogP contribution in [0.3, 0.4) is 0 Å². The molecule has 2 aromatic carbocycles. The van der Waals surface area contributed by atoms with Crippen LogP contribution < -0.4 is 29.7 Å². The van der Waals surface area contributed by atoms with Crippen LogP contribution in [0.5, 0.6) is 17.2 Å². The molecular formula is C24H25FN4O5. The lowest BCUT2D eigenvalue weighted by molar-refractivity contribution is -0.149. The summed E-state index contributed by atoms with van der Waals surface area (Å²) in [4.78, 5) is 13.7. The van der Waals surface area contributed by atoms with E-state index in [0.717, 1.165) is 11.3 Å². The molecule has 9 nitrogen and oxygen atoms in total. The molecule has 0 saturated carbocycles. The Labute approximate surface area is 196 Å². The van der Waals surface area contributed by atoms with Gasteiger partial charge in [-0.15, -0.1) is 0 Å². The predicted molar refractivity (Wildman–Crippen MR) is 124 cm³/mol. The van der Waals surface area contributed by atoms with Crippen LogP contribution in [-0.4, -0.2) is 37.9 Å². The van der Waals surface area contributed by atoms with Gasteiger partial charge in [0.15, 0.2) is 17.2 Å². The second-order valence-electron chi connectivity index (χ2n) is 8.20. The summed E-state index contributed by atoms with van der Waals surface area (Å²) in [5.41, 5.74) is 1.38. The first kappa shape index (κ1) is 21.9. The second kappa shape index (κ2) is 8.77. The summed E-state index contributed by atoms with van der Waals surface area (Å²) in [6, 6.07) is 11.1. The number of fused-ring (bicyclic) bond motifs is 2. The lowest BCUT2D eigenvalue weighted by Crippen LogP contribution is -2.53. The van der Waals surface area contributed by atoms with Crippen molar-refractivity contribution in [2.24, 2.45) is 5.21 Å². The number of hydrogen-bond donors (Lipinski definition) is 2. The highest BCUT2D eigenvalue weighted by Gasteiger charge is 2.46. The van der Waals surface area contributed by atoms with E-state index in [9.17, 15) is 9.28 Å². The zero-order valence-corrected chi connectivity index (χ0v) is 18.8. The molecule has 0 radical (unpaired) electrons. The molecule has 0 spiro atoms. The monoisotopic (exact) mass is 468 g/mol. The molecule has 3 aliphatic rings. The Kier molecular flexibility index (Phi) is 5.64. The number of para-hydroxylation sites is 1. The van der Waals surface area contributed by atoms with Gasteiger partial charge in [0.2, 0.25) is 5.96 Å². The number of rotatable bonds is 6. The van der Waals surface area contributed by atoms with Gasteiger partial charge in [-0.2, -0.15) is 0 Å². The lowest BCUT2D eigenvalue weighted by atomic mass is 9.85. The van der Waals surface area contributed by atoms with E-state index in [4.69, 9.17) is 18.9 Å². The maximum absolute atomic E-state index is 13.7. The first-order valence-electron chi connectivity index (χ1n) is 11.1. The molecule has 10 heteroatoms. The highest BCUT2D eigenvalue weighted by atomic mass is 19.2. The summed E-state index contributed by atoms with van der Waals surface area (Å²) >= 11 is 0. The molecule has 0 aromatic heterocycles. The molecule has 3 aliphatic heterocycles. The molecule has 2 N–H and O–H groups in total. The van der Waals surface area contributed by atoms with E-state index in [0.29, 0.717) is 42.8 Å². The van der Waals surface area contributed by atoms with E-state index in [1.807, 2.05) is 49.4 Å². The molecule has 178 valence electrons. The first-order valence-corrected chi connectivity index (χ1v) is 11.1. The topological polar surface area (TPSA) is 93.7 Å². The first-order chi connectivity index (χ1) is 16.5. The molecule has 0 fully saturated rings. The summed E-state index contributed by atoms with van der Waals surface area (Å²) < 4.78 is 36.1. The van der Waals surface area contributed by atoms with Crippen LogP contribution in [0.1, 0.15) is 25.8 Å². The van der Waals surface area contributed by atoms with Gasteiger partial charge < -0.3 is 29.6 Å². The normalized spacial score (nSPS) is 23.3. The molecule has 2 unspecified atom stereocenters. The van der Waals surface area contributed by atoms with Crippen molar-refractivity contribution in [1.82, 2.24) is 5.32 Å². The van der Waals surface area contributed by atoms with Crippen LogP contribution >= 0.6 is 0 Å². The van der Waals surface area contributed by atoms with E-state index in [2.05, 4.69) is 15.8 Å². The third-order valence-electron chi connectivity index (χ3n) is 5.87. The van der Waals surface area contributed by atoms with Crippen LogP contribution in [0.2, 0.25) is 0 Å². The zero-order chi connectivity index (χ0) is 23.7. The minimum Gasteiger partial charge on any atom is -0.486 e. The van der Waals surface area contributed by atoms with Crippen LogP contribution in [0, 0.1) is 0 Å². The molecular weight excluding hydrogens is 443 g/mol. The number of nitrogens with zero attached hydrogens (tertiary/aromatic N) is 2. The van der Waals surface area contributed by atoms with Crippen molar-refractivity contribution in [3.05, 3.63) is 54.2 Å². The highest BCUT2D eigenvalue weighted by molar-refractivity contribution is 6.00.